The van der Waals surface area contributed by atoms with Gasteiger partial charge < -0.3 is 15.3 Å². The summed E-state index contributed by atoms with van der Waals surface area (Å²) < 4.78 is 71.6. The maximum Gasteiger partial charge on any atom is 0.490 e. The van der Waals surface area contributed by atoms with Crippen molar-refractivity contribution in [3.8, 4) is 5.69 Å². The van der Waals surface area contributed by atoms with Crippen LogP contribution in [0.3, 0.4) is 0 Å². The first kappa shape index (κ1) is 34.0. The third-order valence-electron chi connectivity index (χ3n) is 7.54. The Kier molecular flexibility index (Phi) is 10.6. The summed E-state index contributed by atoms with van der Waals surface area (Å²) in [6.45, 7) is 1.11. The van der Waals surface area contributed by atoms with Crippen LogP contribution >= 0.6 is 12.6 Å². The van der Waals surface area contributed by atoms with Crippen LogP contribution in [0.4, 0.5) is 26.3 Å². The van der Waals surface area contributed by atoms with Gasteiger partial charge in [-0.25, -0.2) is 9.78 Å². The van der Waals surface area contributed by atoms with E-state index < -0.39 is 29.3 Å². The van der Waals surface area contributed by atoms with Gasteiger partial charge in [-0.05, 0) is 42.7 Å². The lowest BCUT2D eigenvalue weighted by Gasteiger charge is -2.35. The molecule has 2 N–H and O–H groups in total. The Bertz CT molecular complexity index is 1560. The monoisotopic (exact) mass is 656 g/mol. The zero-order valence-electron chi connectivity index (χ0n) is 23.7. The fourth-order valence-electron chi connectivity index (χ4n) is 4.96. The van der Waals surface area contributed by atoms with Gasteiger partial charge in [-0.15, -0.1) is 12.6 Å². The lowest BCUT2D eigenvalue weighted by molar-refractivity contribution is -0.192. The molecule has 1 atom stereocenters. The molecule has 1 fully saturated rings. The van der Waals surface area contributed by atoms with Crippen molar-refractivity contribution in [2.75, 3.05) is 13.1 Å². The first-order valence-electron chi connectivity index (χ1n) is 14.0. The molecule has 0 radical (unpaired) electrons. The van der Waals surface area contributed by atoms with E-state index >= 15 is 0 Å². The molecule has 2 aromatic carbocycles. The highest BCUT2D eigenvalue weighted by molar-refractivity contribution is 7.80. The Morgan fingerprint density at radius 1 is 1.00 bits per heavy atom. The van der Waals surface area contributed by atoms with E-state index in [2.05, 4.69) is 5.32 Å². The van der Waals surface area contributed by atoms with Crippen LogP contribution in [0.1, 0.15) is 65.2 Å². The smallest absolute Gasteiger partial charge is 0.475 e. The van der Waals surface area contributed by atoms with Crippen LogP contribution < -0.4 is 10.9 Å². The number of fused-ring (bicyclic) bond motifs is 1. The average Bonchev–Trinajstić information content (AvgIpc) is 2.94. The molecule has 45 heavy (non-hydrogen) atoms. The number of rotatable bonds is 7. The molecule has 5 rings (SSSR count). The van der Waals surface area contributed by atoms with Gasteiger partial charge in [-0.1, -0.05) is 36.8 Å². The highest BCUT2D eigenvalue weighted by Crippen LogP contribution is 2.38. The zero-order chi connectivity index (χ0) is 32.9. The minimum atomic E-state index is -5.08. The Balaban J connectivity index is 0.000000591. The van der Waals surface area contributed by atoms with Crippen molar-refractivity contribution in [3.05, 3.63) is 93.2 Å². The van der Waals surface area contributed by atoms with Crippen molar-refractivity contribution in [2.45, 2.75) is 62.3 Å². The number of carbonyl (C=O) groups excluding carboxylic acids is 1. The zero-order valence-corrected chi connectivity index (χ0v) is 24.6. The number of amides is 1. The highest BCUT2D eigenvalue weighted by Gasteiger charge is 2.38. The van der Waals surface area contributed by atoms with Crippen molar-refractivity contribution in [1.29, 1.82) is 0 Å². The quantitative estimate of drug-likeness (QED) is 0.173. The lowest BCUT2D eigenvalue weighted by atomic mass is 9.84. The summed E-state index contributed by atoms with van der Waals surface area (Å²) in [6, 6.07) is 14.4. The third-order valence-corrected chi connectivity index (χ3v) is 8.08. The van der Waals surface area contributed by atoms with Crippen LogP contribution in [-0.4, -0.2) is 50.7 Å². The number of nitrogens with one attached hydrogen (secondary N) is 1. The Labute approximate surface area is 259 Å². The third kappa shape index (κ3) is 8.25. The van der Waals surface area contributed by atoms with Gasteiger partial charge in [0, 0.05) is 38.4 Å². The van der Waals surface area contributed by atoms with Crippen molar-refractivity contribution in [3.63, 3.8) is 0 Å². The fraction of sp³-hybridized carbons (Fsp3) is 0.400. The molecular weight excluding hydrogens is 626 g/mol. The lowest BCUT2D eigenvalue weighted by Crippen LogP contribution is -2.44. The average molecular weight is 657 g/mol. The summed E-state index contributed by atoms with van der Waals surface area (Å²) in [5.41, 5.74) is 1.74. The first-order valence-corrected chi connectivity index (χ1v) is 14.6. The molecule has 1 unspecified atom stereocenters. The van der Waals surface area contributed by atoms with Crippen LogP contribution in [0.25, 0.3) is 5.69 Å². The second kappa shape index (κ2) is 14.1. The van der Waals surface area contributed by atoms with Gasteiger partial charge in [0.05, 0.1) is 22.5 Å². The number of carbonyl (C=O) groups is 2. The topological polar surface area (TPSA) is 105 Å². The molecule has 3 aromatic rings. The molecule has 1 aliphatic heterocycles. The van der Waals surface area contributed by atoms with E-state index in [-0.39, 0.29) is 23.8 Å². The van der Waals surface area contributed by atoms with Crippen LogP contribution in [0, 0.1) is 0 Å². The molecule has 2 heterocycles. The van der Waals surface area contributed by atoms with Crippen LogP contribution in [0.5, 0.6) is 0 Å². The molecule has 1 aliphatic carbocycles. The minimum absolute atomic E-state index is 0.149. The fourth-order valence-corrected chi connectivity index (χ4v) is 5.47. The standard InChI is InChI=1S/C28H29F3N4O2S.C2HF3O2/c29-28(30,31)20-11-9-18(10-12-20)17-32-15-13-23(36)34-16-14-22-24(27(34)38)26(37)35(21-7-2-1-3-8-21)25(33-22)19-5-4-6-19;3-2(4,5)1(6)7/h1-3,7-12,19,27,32,38H,4-6,13-17H2;(H,6,7). The number of carboxylic acids is 1. The van der Waals surface area contributed by atoms with E-state index in [0.29, 0.717) is 42.9 Å². The number of hydrogen-bond acceptors (Lipinski definition) is 6. The number of para-hydroxylation sites is 1. The summed E-state index contributed by atoms with van der Waals surface area (Å²) in [5, 5.41) is 9.53. The summed E-state index contributed by atoms with van der Waals surface area (Å²) in [6.07, 6.45) is -5.65. The Morgan fingerprint density at radius 2 is 1.62 bits per heavy atom. The van der Waals surface area contributed by atoms with E-state index in [0.717, 1.165) is 42.9 Å². The van der Waals surface area contributed by atoms with Crippen molar-refractivity contribution >= 4 is 24.5 Å². The first-order chi connectivity index (χ1) is 21.2. The molecule has 8 nitrogen and oxygen atoms in total. The van der Waals surface area contributed by atoms with Crippen LogP contribution in [0.2, 0.25) is 0 Å². The highest BCUT2D eigenvalue weighted by atomic mass is 32.1. The number of aliphatic carboxylic acids is 1. The van der Waals surface area contributed by atoms with E-state index in [4.69, 9.17) is 27.5 Å². The largest absolute Gasteiger partial charge is 0.490 e. The summed E-state index contributed by atoms with van der Waals surface area (Å²) >= 11 is 4.70. The second-order valence-corrected chi connectivity index (χ2v) is 11.1. The molecule has 1 saturated carbocycles. The summed E-state index contributed by atoms with van der Waals surface area (Å²) in [7, 11) is 0. The van der Waals surface area contributed by atoms with E-state index in [1.54, 1.807) is 9.47 Å². The Hall–Kier alpha value is -3.85. The minimum Gasteiger partial charge on any atom is -0.475 e. The molecule has 242 valence electrons. The van der Waals surface area contributed by atoms with Crippen molar-refractivity contribution in [2.24, 2.45) is 0 Å². The van der Waals surface area contributed by atoms with Crippen molar-refractivity contribution < 1.29 is 41.0 Å². The number of hydrogen-bond donors (Lipinski definition) is 3. The maximum atomic E-state index is 13.8. The van der Waals surface area contributed by atoms with Gasteiger partial charge in [-0.3, -0.25) is 14.2 Å². The van der Waals surface area contributed by atoms with Crippen molar-refractivity contribution in [1.82, 2.24) is 19.8 Å². The van der Waals surface area contributed by atoms with Gasteiger partial charge in [0.2, 0.25) is 5.91 Å². The van der Waals surface area contributed by atoms with Gasteiger partial charge in [0.25, 0.3) is 5.56 Å². The number of halogens is 6. The maximum absolute atomic E-state index is 13.8. The number of alkyl halides is 6. The normalized spacial score (nSPS) is 16.7. The molecule has 2 aliphatic rings. The molecule has 0 spiro atoms. The van der Waals surface area contributed by atoms with Gasteiger partial charge in [-0.2, -0.15) is 26.3 Å². The van der Waals surface area contributed by atoms with Crippen LogP contribution in [0.15, 0.2) is 59.4 Å². The number of aromatic nitrogens is 2. The Morgan fingerprint density at radius 3 is 2.16 bits per heavy atom. The van der Waals surface area contributed by atoms with E-state index in [9.17, 15) is 35.9 Å². The summed E-state index contributed by atoms with van der Waals surface area (Å²) in [4.78, 5) is 42.3. The van der Waals surface area contributed by atoms with E-state index in [1.807, 2.05) is 30.3 Å². The van der Waals surface area contributed by atoms with Gasteiger partial charge in [0.15, 0.2) is 0 Å². The number of thiol groups is 1. The molecule has 15 heteroatoms. The molecule has 1 amide bonds. The number of carboxylic acid groups (broad SMARTS) is 1. The molecule has 0 bridgehead atoms. The predicted molar refractivity (Wildman–Crippen MR) is 155 cm³/mol. The number of nitrogens with zero attached hydrogens (tertiary/aromatic N) is 3. The van der Waals surface area contributed by atoms with Crippen LogP contribution in [-0.2, 0) is 28.7 Å². The molecular formula is C30H30F6N4O4S. The SMILES string of the molecule is O=C(CCNCc1ccc(C(F)(F)F)cc1)N1CCc2nc(C3CCC3)n(-c3ccccc3)c(=O)c2C1S.O=C(O)C(F)(F)F. The second-order valence-electron chi connectivity index (χ2n) is 10.6. The summed E-state index contributed by atoms with van der Waals surface area (Å²) in [5.74, 6) is -1.86. The molecule has 0 saturated heterocycles. The van der Waals surface area contributed by atoms with Gasteiger partial charge in [0.1, 0.15) is 11.2 Å². The van der Waals surface area contributed by atoms with E-state index in [1.165, 1.54) is 12.1 Å². The predicted octanol–water partition coefficient (Wildman–Crippen LogP) is 5.65. The van der Waals surface area contributed by atoms with Gasteiger partial charge >= 0.3 is 18.3 Å². The number of benzene rings is 2. The molecule has 1 aromatic heterocycles.